The van der Waals surface area contributed by atoms with Crippen LogP contribution in [0, 0.1) is 13.8 Å². The van der Waals surface area contributed by atoms with Crippen molar-refractivity contribution in [2.24, 2.45) is 0 Å². The molecule has 1 saturated heterocycles. The van der Waals surface area contributed by atoms with Gasteiger partial charge in [0, 0.05) is 33.1 Å². The Labute approximate surface area is 188 Å². The highest BCUT2D eigenvalue weighted by atomic mass is 28.3. The van der Waals surface area contributed by atoms with Crippen molar-refractivity contribution in [2.45, 2.75) is 97.1 Å². The van der Waals surface area contributed by atoms with Crippen molar-refractivity contribution in [1.82, 2.24) is 0 Å². The van der Waals surface area contributed by atoms with E-state index >= 15 is 0 Å². The topological polar surface area (TPSA) is 77.4 Å². The molecule has 31 heavy (non-hydrogen) atoms. The molecule has 0 spiro atoms. The van der Waals surface area contributed by atoms with E-state index in [1.807, 2.05) is 19.9 Å². The van der Waals surface area contributed by atoms with Gasteiger partial charge in [0.05, 0.1) is 18.3 Å². The van der Waals surface area contributed by atoms with Crippen LogP contribution < -0.4 is 9.47 Å². The van der Waals surface area contributed by atoms with E-state index in [1.54, 1.807) is 13.8 Å². The Morgan fingerprint density at radius 1 is 1.19 bits per heavy atom. The first-order valence-electron chi connectivity index (χ1n) is 11.4. The van der Waals surface area contributed by atoms with Gasteiger partial charge in [0.2, 0.25) is 0 Å². The summed E-state index contributed by atoms with van der Waals surface area (Å²) in [4.78, 5) is 0. The van der Waals surface area contributed by atoms with Crippen LogP contribution in [-0.2, 0) is 15.9 Å². The minimum absolute atomic E-state index is 0.155. The van der Waals surface area contributed by atoms with Gasteiger partial charge in [0.25, 0.3) is 0 Å². The van der Waals surface area contributed by atoms with Crippen molar-refractivity contribution < 1.29 is 29.2 Å². The lowest BCUT2D eigenvalue weighted by atomic mass is 9.92. The molecule has 2 atom stereocenters. The third-order valence-electron chi connectivity index (χ3n) is 5.78. The highest BCUT2D eigenvalue weighted by Crippen LogP contribution is 2.36. The second-order valence-corrected chi connectivity index (χ2v) is 16.0. The van der Waals surface area contributed by atoms with Crippen LogP contribution in [0.25, 0.3) is 0 Å². The fraction of sp³-hybridized carbons (Fsp3) is 0.750. The summed E-state index contributed by atoms with van der Waals surface area (Å²) in [6.07, 6.45) is 2.06. The normalized spacial score (nSPS) is 18.7. The molecule has 6 nitrogen and oxygen atoms in total. The first-order valence-corrected chi connectivity index (χ1v) is 15.1. The quantitative estimate of drug-likeness (QED) is 0.290. The summed E-state index contributed by atoms with van der Waals surface area (Å²) in [7, 11) is -1.16. The van der Waals surface area contributed by atoms with E-state index in [1.165, 1.54) is 0 Å². The molecule has 1 heterocycles. The maximum Gasteiger partial charge on any atom is 0.199 e. The van der Waals surface area contributed by atoms with E-state index in [0.29, 0.717) is 19.0 Å². The second kappa shape index (κ2) is 11.1. The minimum atomic E-state index is -1.22. The van der Waals surface area contributed by atoms with Crippen molar-refractivity contribution in [1.29, 1.82) is 0 Å². The Balaban J connectivity index is 2.21. The largest absolute Gasteiger partial charge is 0.467 e. The molecule has 0 radical (unpaired) electrons. The molecule has 1 aromatic rings. The lowest BCUT2D eigenvalue weighted by molar-refractivity contribution is -0.106. The zero-order chi connectivity index (χ0) is 23.2. The van der Waals surface area contributed by atoms with E-state index in [9.17, 15) is 10.2 Å². The SMILES string of the molecule is Cc1c(OC2CCCCO2)cc(CC(O)C(C)(C)O)c(OCOCC[Si](C)(C)C)c1C. The third-order valence-corrected chi connectivity index (χ3v) is 7.48. The first-order chi connectivity index (χ1) is 14.4. The van der Waals surface area contributed by atoms with E-state index in [4.69, 9.17) is 18.9 Å². The van der Waals surface area contributed by atoms with Crippen LogP contribution in [0.5, 0.6) is 11.5 Å². The Morgan fingerprint density at radius 2 is 1.90 bits per heavy atom. The Morgan fingerprint density at radius 3 is 2.48 bits per heavy atom. The van der Waals surface area contributed by atoms with Gasteiger partial charge in [-0.2, -0.15) is 0 Å². The van der Waals surface area contributed by atoms with E-state index in [-0.39, 0.29) is 19.5 Å². The standard InChI is InChI=1S/C24H42O6Si/c1-17-18(2)23(29-16-27-12-13-31(5,6)7)19(15-21(25)24(3,4)26)14-20(17)30-22-10-8-9-11-28-22/h14,21-22,25-26H,8-13,15-16H2,1-7H3. The van der Waals surface area contributed by atoms with Crippen LogP contribution in [0.1, 0.15) is 49.8 Å². The van der Waals surface area contributed by atoms with Crippen molar-refractivity contribution in [2.75, 3.05) is 20.0 Å². The van der Waals surface area contributed by atoms with Crippen LogP contribution in [0.15, 0.2) is 6.07 Å². The molecule has 0 aliphatic carbocycles. The number of rotatable bonds is 11. The Kier molecular flexibility index (Phi) is 9.39. The van der Waals surface area contributed by atoms with Gasteiger partial charge >= 0.3 is 0 Å². The summed E-state index contributed by atoms with van der Waals surface area (Å²) >= 11 is 0. The second-order valence-electron chi connectivity index (χ2n) is 10.4. The number of hydrogen-bond acceptors (Lipinski definition) is 6. The summed E-state index contributed by atoms with van der Waals surface area (Å²) in [6, 6.07) is 2.99. The highest BCUT2D eigenvalue weighted by Gasteiger charge is 2.28. The lowest BCUT2D eigenvalue weighted by Gasteiger charge is -2.28. The number of hydrogen-bond donors (Lipinski definition) is 2. The van der Waals surface area contributed by atoms with E-state index in [2.05, 4.69) is 19.6 Å². The molecule has 2 unspecified atom stereocenters. The minimum Gasteiger partial charge on any atom is -0.467 e. The van der Waals surface area contributed by atoms with Crippen LogP contribution in [0.3, 0.4) is 0 Å². The number of ether oxygens (including phenoxy) is 4. The van der Waals surface area contributed by atoms with Gasteiger partial charge in [-0.3, -0.25) is 0 Å². The smallest absolute Gasteiger partial charge is 0.199 e. The van der Waals surface area contributed by atoms with Crippen LogP contribution in [0.2, 0.25) is 25.7 Å². The zero-order valence-corrected chi connectivity index (χ0v) is 21.4. The van der Waals surface area contributed by atoms with Gasteiger partial charge < -0.3 is 29.2 Å². The Hall–Kier alpha value is -1.12. The molecular formula is C24H42O6Si. The van der Waals surface area contributed by atoms with Gasteiger partial charge in [-0.25, -0.2) is 0 Å². The molecule has 1 aliphatic rings. The number of benzene rings is 1. The molecule has 0 amide bonds. The summed E-state index contributed by atoms with van der Waals surface area (Å²) in [6.45, 7) is 15.7. The van der Waals surface area contributed by atoms with Gasteiger partial charge in [-0.15, -0.1) is 0 Å². The van der Waals surface area contributed by atoms with E-state index < -0.39 is 19.8 Å². The zero-order valence-electron chi connectivity index (χ0n) is 20.4. The van der Waals surface area contributed by atoms with Crippen LogP contribution in [0.4, 0.5) is 0 Å². The predicted molar refractivity (Wildman–Crippen MR) is 126 cm³/mol. The summed E-state index contributed by atoms with van der Waals surface area (Å²) in [5, 5.41) is 20.8. The molecule has 1 aromatic carbocycles. The summed E-state index contributed by atoms with van der Waals surface area (Å²) in [5.41, 5.74) is 1.49. The molecule has 2 N–H and O–H groups in total. The van der Waals surface area contributed by atoms with E-state index in [0.717, 1.165) is 47.7 Å². The third kappa shape index (κ3) is 8.39. The van der Waals surface area contributed by atoms with Crippen molar-refractivity contribution in [3.05, 3.63) is 22.8 Å². The number of aliphatic hydroxyl groups is 2. The molecular weight excluding hydrogens is 412 g/mol. The average molecular weight is 455 g/mol. The molecule has 1 fully saturated rings. The monoisotopic (exact) mass is 454 g/mol. The van der Waals surface area contributed by atoms with Crippen LogP contribution in [-0.4, -0.2) is 56.3 Å². The molecule has 0 saturated carbocycles. The van der Waals surface area contributed by atoms with Gasteiger partial charge in [-0.1, -0.05) is 19.6 Å². The van der Waals surface area contributed by atoms with Gasteiger partial charge in [0.1, 0.15) is 11.5 Å². The summed E-state index contributed by atoms with van der Waals surface area (Å²) < 4.78 is 23.7. The highest BCUT2D eigenvalue weighted by molar-refractivity contribution is 6.76. The fourth-order valence-electron chi connectivity index (χ4n) is 3.34. The van der Waals surface area contributed by atoms with Crippen molar-refractivity contribution in [3.63, 3.8) is 0 Å². The first kappa shape index (κ1) is 26.1. The Bertz CT molecular complexity index is 701. The molecule has 1 aliphatic heterocycles. The fourth-order valence-corrected chi connectivity index (χ4v) is 4.10. The molecule has 178 valence electrons. The van der Waals surface area contributed by atoms with Gasteiger partial charge in [0.15, 0.2) is 13.1 Å². The molecule has 0 bridgehead atoms. The average Bonchev–Trinajstić information content (AvgIpc) is 2.67. The van der Waals surface area contributed by atoms with Gasteiger partial charge in [-0.05, 0) is 63.8 Å². The maximum absolute atomic E-state index is 10.5. The lowest BCUT2D eigenvalue weighted by Crippen LogP contribution is -2.37. The predicted octanol–water partition coefficient (Wildman–Crippen LogP) is 4.57. The number of aliphatic hydroxyl groups excluding tert-OH is 1. The van der Waals surface area contributed by atoms with Crippen molar-refractivity contribution >= 4 is 8.07 Å². The molecule has 0 aromatic heterocycles. The van der Waals surface area contributed by atoms with Crippen molar-refractivity contribution in [3.8, 4) is 11.5 Å². The maximum atomic E-state index is 10.5. The molecule has 2 rings (SSSR count). The molecule has 7 heteroatoms. The van der Waals surface area contributed by atoms with Crippen LogP contribution >= 0.6 is 0 Å². The summed E-state index contributed by atoms with van der Waals surface area (Å²) in [5.74, 6) is 1.42.